The predicted octanol–water partition coefficient (Wildman–Crippen LogP) is 5.77. The number of aryl methyl sites for hydroxylation is 1. The molecule has 0 radical (unpaired) electrons. The van der Waals surface area contributed by atoms with Gasteiger partial charge in [0.25, 0.3) is 5.91 Å². The maximum Gasteiger partial charge on any atom is 0.271 e. The Morgan fingerprint density at radius 3 is 2.55 bits per heavy atom. The summed E-state index contributed by atoms with van der Waals surface area (Å²) in [4.78, 5) is 12.6. The monoisotopic (exact) mass is 445 g/mol. The molecule has 1 N–H and O–H groups in total. The van der Waals surface area contributed by atoms with Crippen molar-refractivity contribution < 1.29 is 4.79 Å². The van der Waals surface area contributed by atoms with E-state index >= 15 is 0 Å². The summed E-state index contributed by atoms with van der Waals surface area (Å²) in [6.07, 6.45) is 1.69. The van der Waals surface area contributed by atoms with Gasteiger partial charge in [-0.05, 0) is 64.8 Å². The van der Waals surface area contributed by atoms with Gasteiger partial charge in [0, 0.05) is 27.0 Å². The third kappa shape index (κ3) is 3.74. The number of carbonyl (C=O) groups excluding carboxylic acids is 1. The summed E-state index contributed by atoms with van der Waals surface area (Å²) >= 11 is 3.62. The van der Waals surface area contributed by atoms with Gasteiger partial charge >= 0.3 is 0 Å². The predicted molar refractivity (Wildman–Crippen MR) is 122 cm³/mol. The molecule has 0 aliphatic carbocycles. The molecule has 1 heterocycles. The first-order chi connectivity index (χ1) is 14.1. The smallest absolute Gasteiger partial charge is 0.271 e. The third-order valence-electron chi connectivity index (χ3n) is 4.97. The highest BCUT2D eigenvalue weighted by Gasteiger charge is 2.12. The number of halogens is 1. The number of para-hydroxylation sites is 1. The Morgan fingerprint density at radius 1 is 1.00 bits per heavy atom. The minimum atomic E-state index is -0.224. The number of benzene rings is 3. The van der Waals surface area contributed by atoms with E-state index in [0.717, 1.165) is 37.9 Å². The van der Waals surface area contributed by atoms with Gasteiger partial charge in [-0.15, -0.1) is 0 Å². The number of amides is 1. The summed E-state index contributed by atoms with van der Waals surface area (Å²) in [5.74, 6) is -0.224. The molecule has 4 rings (SSSR count). The SMILES string of the molecule is Cc1cc(/C=N\NC(=O)c2cccc3ccccc23)c(C)n1-c1ccccc1Br. The second-order valence-electron chi connectivity index (χ2n) is 6.84. The Morgan fingerprint density at radius 2 is 1.72 bits per heavy atom. The van der Waals surface area contributed by atoms with Crippen LogP contribution in [0.1, 0.15) is 27.3 Å². The molecule has 4 aromatic rings. The summed E-state index contributed by atoms with van der Waals surface area (Å²) in [5, 5.41) is 6.15. The van der Waals surface area contributed by atoms with Crippen LogP contribution in [0.25, 0.3) is 16.5 Å². The Labute approximate surface area is 178 Å². The third-order valence-corrected chi connectivity index (χ3v) is 5.64. The van der Waals surface area contributed by atoms with Crippen molar-refractivity contribution in [3.63, 3.8) is 0 Å². The molecular formula is C24H20BrN3O. The molecule has 0 atom stereocenters. The molecule has 0 fully saturated rings. The molecule has 0 saturated heterocycles. The van der Waals surface area contributed by atoms with Crippen molar-refractivity contribution >= 4 is 38.8 Å². The maximum absolute atomic E-state index is 12.6. The van der Waals surface area contributed by atoms with E-state index in [2.05, 4.69) is 50.1 Å². The molecule has 0 aliphatic rings. The van der Waals surface area contributed by atoms with Crippen molar-refractivity contribution in [2.45, 2.75) is 13.8 Å². The molecule has 5 heteroatoms. The van der Waals surface area contributed by atoms with Crippen molar-refractivity contribution in [2.75, 3.05) is 0 Å². The highest BCUT2D eigenvalue weighted by Crippen LogP contribution is 2.26. The van der Waals surface area contributed by atoms with Gasteiger partial charge in [0.1, 0.15) is 0 Å². The molecule has 1 aromatic heterocycles. The van der Waals surface area contributed by atoms with Crippen LogP contribution in [0.15, 0.2) is 82.4 Å². The zero-order valence-corrected chi connectivity index (χ0v) is 17.8. The van der Waals surface area contributed by atoms with Crippen molar-refractivity contribution in [1.29, 1.82) is 0 Å². The maximum atomic E-state index is 12.6. The molecular weight excluding hydrogens is 426 g/mol. The zero-order valence-electron chi connectivity index (χ0n) is 16.2. The number of rotatable bonds is 4. The Balaban J connectivity index is 1.58. The van der Waals surface area contributed by atoms with Gasteiger partial charge in [-0.25, -0.2) is 5.43 Å². The zero-order chi connectivity index (χ0) is 20.4. The lowest BCUT2D eigenvalue weighted by atomic mass is 10.0. The van der Waals surface area contributed by atoms with Crippen LogP contribution < -0.4 is 5.43 Å². The lowest BCUT2D eigenvalue weighted by Crippen LogP contribution is -2.18. The number of nitrogens with one attached hydrogen (secondary N) is 1. The molecule has 0 unspecified atom stereocenters. The van der Waals surface area contributed by atoms with Gasteiger partial charge in [-0.1, -0.05) is 48.5 Å². The minimum Gasteiger partial charge on any atom is -0.317 e. The normalized spacial score (nSPS) is 11.3. The van der Waals surface area contributed by atoms with Crippen LogP contribution in [0.2, 0.25) is 0 Å². The molecule has 3 aromatic carbocycles. The second-order valence-corrected chi connectivity index (χ2v) is 7.69. The van der Waals surface area contributed by atoms with E-state index in [-0.39, 0.29) is 5.91 Å². The van der Waals surface area contributed by atoms with Crippen LogP contribution in [-0.4, -0.2) is 16.7 Å². The molecule has 0 bridgehead atoms. The Kier molecular flexibility index (Phi) is 5.32. The average Bonchev–Trinajstić information content (AvgIpc) is 3.01. The lowest BCUT2D eigenvalue weighted by Gasteiger charge is -2.11. The van der Waals surface area contributed by atoms with Gasteiger partial charge in [0.05, 0.1) is 11.9 Å². The fourth-order valence-corrected chi connectivity index (χ4v) is 4.03. The molecule has 0 spiro atoms. The fraction of sp³-hybridized carbons (Fsp3) is 0.0833. The number of carbonyl (C=O) groups is 1. The van der Waals surface area contributed by atoms with Gasteiger partial charge in [-0.3, -0.25) is 4.79 Å². The van der Waals surface area contributed by atoms with Crippen LogP contribution in [-0.2, 0) is 0 Å². The van der Waals surface area contributed by atoms with Gasteiger partial charge in [0.15, 0.2) is 0 Å². The second kappa shape index (κ2) is 8.05. The number of aromatic nitrogens is 1. The van der Waals surface area contributed by atoms with Gasteiger partial charge in [0.2, 0.25) is 0 Å². The van der Waals surface area contributed by atoms with Crippen molar-refractivity contribution in [1.82, 2.24) is 9.99 Å². The highest BCUT2D eigenvalue weighted by atomic mass is 79.9. The first-order valence-electron chi connectivity index (χ1n) is 9.31. The number of hydrogen-bond acceptors (Lipinski definition) is 2. The van der Waals surface area contributed by atoms with Crippen LogP contribution >= 0.6 is 15.9 Å². The van der Waals surface area contributed by atoms with E-state index in [1.165, 1.54) is 0 Å². The molecule has 144 valence electrons. The number of hydrogen-bond donors (Lipinski definition) is 1. The van der Waals surface area contributed by atoms with E-state index in [9.17, 15) is 4.79 Å². The van der Waals surface area contributed by atoms with E-state index < -0.39 is 0 Å². The van der Waals surface area contributed by atoms with Crippen LogP contribution in [0.3, 0.4) is 0 Å². The Bertz CT molecular complexity index is 1230. The van der Waals surface area contributed by atoms with Gasteiger partial charge < -0.3 is 4.57 Å². The lowest BCUT2D eigenvalue weighted by molar-refractivity contribution is 0.0957. The van der Waals surface area contributed by atoms with E-state index in [1.807, 2.05) is 67.6 Å². The summed E-state index contributed by atoms with van der Waals surface area (Å²) in [6, 6.07) is 23.7. The molecule has 0 aliphatic heterocycles. The Hall–Kier alpha value is -3.18. The quantitative estimate of drug-likeness (QED) is 0.314. The molecule has 29 heavy (non-hydrogen) atoms. The largest absolute Gasteiger partial charge is 0.317 e. The van der Waals surface area contributed by atoms with E-state index in [0.29, 0.717) is 5.56 Å². The minimum absolute atomic E-state index is 0.224. The molecule has 0 saturated carbocycles. The van der Waals surface area contributed by atoms with Crippen molar-refractivity contribution in [3.05, 3.63) is 99.8 Å². The summed E-state index contributed by atoms with van der Waals surface area (Å²) in [6.45, 7) is 4.10. The van der Waals surface area contributed by atoms with Crippen molar-refractivity contribution in [3.8, 4) is 5.69 Å². The number of fused-ring (bicyclic) bond motifs is 1. The summed E-state index contributed by atoms with van der Waals surface area (Å²) in [5.41, 5.74) is 7.44. The fourth-order valence-electron chi connectivity index (χ4n) is 3.57. The first-order valence-corrected chi connectivity index (χ1v) is 10.1. The van der Waals surface area contributed by atoms with Crippen molar-refractivity contribution in [2.24, 2.45) is 5.10 Å². The van der Waals surface area contributed by atoms with Crippen LogP contribution in [0.5, 0.6) is 0 Å². The first kappa shape index (κ1) is 19.2. The number of nitrogens with zero attached hydrogens (tertiary/aromatic N) is 2. The summed E-state index contributed by atoms with van der Waals surface area (Å²) < 4.78 is 3.19. The highest BCUT2D eigenvalue weighted by molar-refractivity contribution is 9.10. The van der Waals surface area contributed by atoms with Gasteiger partial charge in [-0.2, -0.15) is 5.10 Å². The van der Waals surface area contributed by atoms with E-state index in [1.54, 1.807) is 6.21 Å². The standard InChI is InChI=1S/C24H20BrN3O/c1-16-14-19(17(2)28(16)23-13-6-5-12-22(23)25)15-26-27-24(29)21-11-7-9-18-8-3-4-10-20(18)21/h3-15H,1-2H3,(H,27,29)/b26-15-. The summed E-state index contributed by atoms with van der Waals surface area (Å²) in [7, 11) is 0. The molecule has 1 amide bonds. The van der Waals surface area contributed by atoms with E-state index in [4.69, 9.17) is 0 Å². The number of hydrazone groups is 1. The van der Waals surface area contributed by atoms with Crippen LogP contribution in [0.4, 0.5) is 0 Å². The topological polar surface area (TPSA) is 46.4 Å². The average molecular weight is 446 g/mol. The van der Waals surface area contributed by atoms with Crippen LogP contribution in [0, 0.1) is 13.8 Å². The molecule has 4 nitrogen and oxygen atoms in total.